The number of nitrogens with one attached hydrogen (secondary N) is 1. The van der Waals surface area contributed by atoms with Crippen LogP contribution < -0.4 is 4.72 Å². The van der Waals surface area contributed by atoms with E-state index in [1.165, 1.54) is 0 Å². The van der Waals surface area contributed by atoms with E-state index in [2.05, 4.69) is 23.6 Å². The van der Waals surface area contributed by atoms with Crippen LogP contribution in [0.4, 0.5) is 5.69 Å². The molecule has 24 heavy (non-hydrogen) atoms. The zero-order valence-corrected chi connectivity index (χ0v) is 15.8. The lowest BCUT2D eigenvalue weighted by Crippen LogP contribution is -2.12. The van der Waals surface area contributed by atoms with Crippen molar-refractivity contribution < 1.29 is 8.42 Å². The zero-order valence-electron chi connectivity index (χ0n) is 13.4. The number of anilines is 1. The molecule has 3 rings (SSSR count). The highest BCUT2D eigenvalue weighted by atomic mass is 32.2. The standard InChI is InChI=1S/C17H18N2O2S3/c1-12(2)11-22-17-18-15-9-8-13(10-16(15)23-17)19-24(20,21)14-6-4-3-5-7-14/h3-10,12,19H,11H2,1-2H3. The smallest absolute Gasteiger partial charge is 0.261 e. The van der Waals surface area contributed by atoms with Gasteiger partial charge >= 0.3 is 0 Å². The second-order valence-corrected chi connectivity index (χ2v) is 9.77. The molecule has 0 amide bonds. The lowest BCUT2D eigenvalue weighted by Gasteiger charge is -2.07. The van der Waals surface area contributed by atoms with Gasteiger partial charge in [-0.3, -0.25) is 4.72 Å². The summed E-state index contributed by atoms with van der Waals surface area (Å²) in [5.41, 5.74) is 1.45. The molecule has 0 spiro atoms. The van der Waals surface area contributed by atoms with E-state index in [1.54, 1.807) is 59.5 Å². The fourth-order valence-corrected chi connectivity index (χ4v) is 5.24. The highest BCUT2D eigenvalue weighted by molar-refractivity contribution is 8.01. The maximum atomic E-state index is 12.4. The molecule has 0 fully saturated rings. The van der Waals surface area contributed by atoms with Crippen molar-refractivity contribution in [3.05, 3.63) is 48.5 Å². The molecule has 4 nitrogen and oxygen atoms in total. The largest absolute Gasteiger partial charge is 0.280 e. The Hall–Kier alpha value is -1.57. The van der Waals surface area contributed by atoms with Crippen LogP contribution in [0.5, 0.6) is 0 Å². The molecular formula is C17H18N2O2S3. The Bertz CT molecular complexity index is 935. The second kappa shape index (κ2) is 7.13. The Labute approximate surface area is 150 Å². The Morgan fingerprint density at radius 2 is 1.92 bits per heavy atom. The summed E-state index contributed by atoms with van der Waals surface area (Å²) in [6, 6.07) is 13.8. The molecule has 0 saturated heterocycles. The summed E-state index contributed by atoms with van der Waals surface area (Å²) in [6.45, 7) is 4.35. The Balaban J connectivity index is 1.83. The Morgan fingerprint density at radius 1 is 1.17 bits per heavy atom. The first-order valence-electron chi connectivity index (χ1n) is 7.55. The summed E-state index contributed by atoms with van der Waals surface area (Å²) < 4.78 is 29.4. The fraction of sp³-hybridized carbons (Fsp3) is 0.235. The van der Waals surface area contributed by atoms with Gasteiger partial charge in [0.25, 0.3) is 10.0 Å². The van der Waals surface area contributed by atoms with Gasteiger partial charge in [0.2, 0.25) is 0 Å². The van der Waals surface area contributed by atoms with Gasteiger partial charge in [-0.1, -0.05) is 43.8 Å². The van der Waals surface area contributed by atoms with Crippen LogP contribution >= 0.6 is 23.1 Å². The predicted octanol–water partition coefficient (Wildman–Crippen LogP) is 4.85. The molecule has 0 saturated carbocycles. The monoisotopic (exact) mass is 378 g/mol. The van der Waals surface area contributed by atoms with Crippen molar-refractivity contribution in [3.8, 4) is 0 Å². The van der Waals surface area contributed by atoms with Crippen LogP contribution in [0.15, 0.2) is 57.8 Å². The molecule has 0 radical (unpaired) electrons. The van der Waals surface area contributed by atoms with E-state index in [4.69, 9.17) is 0 Å². The van der Waals surface area contributed by atoms with Crippen LogP contribution in [0.1, 0.15) is 13.8 Å². The summed E-state index contributed by atoms with van der Waals surface area (Å²) in [5.74, 6) is 1.63. The van der Waals surface area contributed by atoms with Crippen LogP contribution in [0, 0.1) is 5.92 Å². The quantitative estimate of drug-likeness (QED) is 0.623. The number of thiazole rings is 1. The first-order chi connectivity index (χ1) is 11.4. The van der Waals surface area contributed by atoms with Crippen molar-refractivity contribution in [2.45, 2.75) is 23.1 Å². The molecule has 0 aliphatic heterocycles. The van der Waals surface area contributed by atoms with Crippen molar-refractivity contribution in [2.75, 3.05) is 10.5 Å². The number of thioether (sulfide) groups is 1. The number of fused-ring (bicyclic) bond motifs is 1. The minimum atomic E-state index is -3.57. The lowest BCUT2D eigenvalue weighted by molar-refractivity contribution is 0.601. The summed E-state index contributed by atoms with van der Waals surface area (Å²) in [6.07, 6.45) is 0. The third-order valence-corrected chi connectivity index (χ3v) is 7.20. The summed E-state index contributed by atoms with van der Waals surface area (Å²) in [4.78, 5) is 4.84. The third kappa shape index (κ3) is 4.09. The molecule has 0 atom stereocenters. The van der Waals surface area contributed by atoms with E-state index in [1.807, 2.05) is 12.1 Å². The molecule has 3 aromatic rings. The van der Waals surface area contributed by atoms with Crippen LogP contribution in [-0.2, 0) is 10.0 Å². The molecule has 126 valence electrons. The van der Waals surface area contributed by atoms with E-state index in [0.717, 1.165) is 20.3 Å². The average molecular weight is 379 g/mol. The predicted molar refractivity (Wildman–Crippen MR) is 102 cm³/mol. The fourth-order valence-electron chi connectivity index (χ4n) is 2.08. The molecule has 1 N–H and O–H groups in total. The number of rotatable bonds is 6. The molecule has 1 heterocycles. The normalized spacial score (nSPS) is 12.0. The molecule has 1 aromatic heterocycles. The molecule has 0 unspecified atom stereocenters. The van der Waals surface area contributed by atoms with E-state index < -0.39 is 10.0 Å². The molecule has 0 aliphatic carbocycles. The van der Waals surface area contributed by atoms with E-state index in [-0.39, 0.29) is 4.90 Å². The van der Waals surface area contributed by atoms with E-state index in [0.29, 0.717) is 11.6 Å². The minimum Gasteiger partial charge on any atom is -0.280 e. The number of hydrogen-bond acceptors (Lipinski definition) is 5. The number of aromatic nitrogens is 1. The second-order valence-electron chi connectivity index (χ2n) is 5.79. The van der Waals surface area contributed by atoms with Crippen molar-refractivity contribution in [1.29, 1.82) is 0 Å². The number of sulfonamides is 1. The number of hydrogen-bond donors (Lipinski definition) is 1. The number of benzene rings is 2. The van der Waals surface area contributed by atoms with Gasteiger partial charge in [-0.2, -0.15) is 0 Å². The van der Waals surface area contributed by atoms with Gasteiger partial charge in [-0.25, -0.2) is 13.4 Å². The average Bonchev–Trinajstić information content (AvgIpc) is 2.95. The minimum absolute atomic E-state index is 0.252. The summed E-state index contributed by atoms with van der Waals surface area (Å²) >= 11 is 3.33. The highest BCUT2D eigenvalue weighted by Gasteiger charge is 2.14. The molecule has 7 heteroatoms. The van der Waals surface area contributed by atoms with Crippen LogP contribution in [0.25, 0.3) is 10.2 Å². The first-order valence-corrected chi connectivity index (χ1v) is 10.8. The topological polar surface area (TPSA) is 59.1 Å². The maximum absolute atomic E-state index is 12.4. The van der Waals surface area contributed by atoms with Gasteiger partial charge in [0.05, 0.1) is 20.8 Å². The summed E-state index contributed by atoms with van der Waals surface area (Å²) in [5, 5.41) is 0. The van der Waals surface area contributed by atoms with E-state index in [9.17, 15) is 8.42 Å². The lowest BCUT2D eigenvalue weighted by atomic mass is 10.3. The maximum Gasteiger partial charge on any atom is 0.261 e. The van der Waals surface area contributed by atoms with Gasteiger partial charge in [0.1, 0.15) is 0 Å². The van der Waals surface area contributed by atoms with Crippen molar-refractivity contribution in [2.24, 2.45) is 5.92 Å². The van der Waals surface area contributed by atoms with Crippen molar-refractivity contribution in [3.63, 3.8) is 0 Å². The van der Waals surface area contributed by atoms with Gasteiger partial charge in [0.15, 0.2) is 4.34 Å². The zero-order chi connectivity index (χ0) is 17.2. The van der Waals surface area contributed by atoms with Gasteiger partial charge in [0, 0.05) is 5.75 Å². The van der Waals surface area contributed by atoms with Crippen LogP contribution in [0.2, 0.25) is 0 Å². The van der Waals surface area contributed by atoms with Crippen molar-refractivity contribution >= 4 is 49.0 Å². The van der Waals surface area contributed by atoms with Crippen LogP contribution in [-0.4, -0.2) is 19.2 Å². The van der Waals surface area contributed by atoms with E-state index >= 15 is 0 Å². The first kappa shape index (κ1) is 17.3. The van der Waals surface area contributed by atoms with Crippen LogP contribution in [0.3, 0.4) is 0 Å². The van der Waals surface area contributed by atoms with Crippen molar-refractivity contribution in [1.82, 2.24) is 4.98 Å². The molecular weight excluding hydrogens is 360 g/mol. The van der Waals surface area contributed by atoms with Gasteiger partial charge in [-0.15, -0.1) is 11.3 Å². The Morgan fingerprint density at radius 3 is 2.62 bits per heavy atom. The Kier molecular flexibility index (Phi) is 5.12. The number of nitrogens with zero attached hydrogens (tertiary/aromatic N) is 1. The van der Waals surface area contributed by atoms with Gasteiger partial charge < -0.3 is 0 Å². The SMILES string of the molecule is CC(C)CSc1nc2ccc(NS(=O)(=O)c3ccccc3)cc2s1. The molecule has 0 aliphatic rings. The molecule has 2 aromatic carbocycles. The highest BCUT2D eigenvalue weighted by Crippen LogP contribution is 2.32. The van der Waals surface area contributed by atoms with Gasteiger partial charge in [-0.05, 0) is 36.2 Å². The molecule has 0 bridgehead atoms. The third-order valence-electron chi connectivity index (χ3n) is 3.21. The summed E-state index contributed by atoms with van der Waals surface area (Å²) in [7, 11) is -3.57.